The molecule has 1 aliphatic rings. The third-order valence-electron chi connectivity index (χ3n) is 2.92. The van der Waals surface area contributed by atoms with Gasteiger partial charge in [0.2, 0.25) is 0 Å². The van der Waals surface area contributed by atoms with Gasteiger partial charge in [0.15, 0.2) is 0 Å². The lowest BCUT2D eigenvalue weighted by Crippen LogP contribution is -2.23. The minimum Gasteiger partial charge on any atom is -0.296 e. The SMILES string of the molecule is CC(C)c1cc(=O)n2c(n1)CC(C)(C)C2. The zero-order valence-corrected chi connectivity index (χ0v) is 9.87. The molecule has 0 spiro atoms. The van der Waals surface area contributed by atoms with Gasteiger partial charge in [-0.3, -0.25) is 9.36 Å². The molecule has 3 nitrogen and oxygen atoms in total. The topological polar surface area (TPSA) is 34.9 Å². The standard InChI is InChI=1S/C12H18N2O/c1-8(2)9-5-11(15)14-7-12(3,4)6-10(14)13-9/h5,8H,6-7H2,1-4H3. The molecule has 0 fully saturated rings. The number of hydrogen-bond acceptors (Lipinski definition) is 2. The third kappa shape index (κ3) is 1.83. The number of rotatable bonds is 1. The normalized spacial score (nSPS) is 18.2. The Bertz CT molecular complexity index is 443. The van der Waals surface area contributed by atoms with Crippen LogP contribution >= 0.6 is 0 Å². The van der Waals surface area contributed by atoms with Crippen LogP contribution in [0, 0.1) is 5.41 Å². The minimum absolute atomic E-state index is 0.106. The molecule has 0 radical (unpaired) electrons. The van der Waals surface area contributed by atoms with Crippen molar-refractivity contribution in [3.63, 3.8) is 0 Å². The van der Waals surface area contributed by atoms with E-state index in [2.05, 4.69) is 32.7 Å². The molecule has 0 aliphatic carbocycles. The first kappa shape index (κ1) is 10.4. The van der Waals surface area contributed by atoms with Gasteiger partial charge in [0, 0.05) is 19.0 Å². The molecular formula is C12H18N2O. The van der Waals surface area contributed by atoms with Crippen LogP contribution in [0.4, 0.5) is 0 Å². The van der Waals surface area contributed by atoms with Crippen molar-refractivity contribution in [2.75, 3.05) is 0 Å². The van der Waals surface area contributed by atoms with Gasteiger partial charge in [0.25, 0.3) is 5.56 Å². The van der Waals surface area contributed by atoms with E-state index in [1.807, 2.05) is 4.57 Å². The number of hydrogen-bond donors (Lipinski definition) is 0. The molecule has 0 unspecified atom stereocenters. The number of aromatic nitrogens is 2. The Morgan fingerprint density at radius 1 is 1.47 bits per heavy atom. The van der Waals surface area contributed by atoms with Gasteiger partial charge in [0.1, 0.15) is 5.82 Å². The lowest BCUT2D eigenvalue weighted by molar-refractivity contribution is 0.357. The molecule has 15 heavy (non-hydrogen) atoms. The van der Waals surface area contributed by atoms with Crippen molar-refractivity contribution < 1.29 is 0 Å². The Morgan fingerprint density at radius 2 is 2.13 bits per heavy atom. The van der Waals surface area contributed by atoms with Crippen molar-refractivity contribution in [2.24, 2.45) is 5.41 Å². The molecular weight excluding hydrogens is 188 g/mol. The molecule has 0 aromatic carbocycles. The van der Waals surface area contributed by atoms with E-state index in [0.29, 0.717) is 5.92 Å². The highest BCUT2D eigenvalue weighted by molar-refractivity contribution is 5.12. The Hall–Kier alpha value is -1.12. The second-order valence-electron chi connectivity index (χ2n) is 5.52. The lowest BCUT2D eigenvalue weighted by atomic mass is 9.92. The highest BCUT2D eigenvalue weighted by Crippen LogP contribution is 2.29. The summed E-state index contributed by atoms with van der Waals surface area (Å²) in [5.74, 6) is 1.28. The molecule has 0 amide bonds. The third-order valence-corrected chi connectivity index (χ3v) is 2.92. The van der Waals surface area contributed by atoms with Crippen LogP contribution < -0.4 is 5.56 Å². The summed E-state index contributed by atoms with van der Waals surface area (Å²) in [7, 11) is 0. The molecule has 0 saturated carbocycles. The second kappa shape index (κ2) is 3.19. The van der Waals surface area contributed by atoms with Crippen LogP contribution in [0.15, 0.2) is 10.9 Å². The van der Waals surface area contributed by atoms with Crippen LogP contribution in [0.3, 0.4) is 0 Å². The molecule has 2 heterocycles. The Kier molecular flexibility index (Phi) is 2.21. The summed E-state index contributed by atoms with van der Waals surface area (Å²) in [5, 5.41) is 0. The highest BCUT2D eigenvalue weighted by atomic mass is 16.1. The summed E-state index contributed by atoms with van der Waals surface area (Å²) in [4.78, 5) is 16.4. The number of fused-ring (bicyclic) bond motifs is 1. The molecule has 3 heteroatoms. The molecule has 2 rings (SSSR count). The predicted octanol–water partition coefficient (Wildman–Crippen LogP) is 1.95. The minimum atomic E-state index is 0.106. The molecule has 82 valence electrons. The molecule has 1 aromatic rings. The first-order valence-electron chi connectivity index (χ1n) is 5.50. The first-order valence-corrected chi connectivity index (χ1v) is 5.50. The monoisotopic (exact) mass is 206 g/mol. The first-order chi connectivity index (χ1) is 6.89. The van der Waals surface area contributed by atoms with Gasteiger partial charge in [-0.1, -0.05) is 27.7 Å². The fourth-order valence-corrected chi connectivity index (χ4v) is 2.09. The average Bonchev–Trinajstić information content (AvgIpc) is 2.39. The fourth-order valence-electron chi connectivity index (χ4n) is 2.09. The van der Waals surface area contributed by atoms with Gasteiger partial charge in [-0.05, 0) is 11.3 Å². The van der Waals surface area contributed by atoms with Gasteiger partial charge in [-0.25, -0.2) is 4.98 Å². The van der Waals surface area contributed by atoms with Gasteiger partial charge >= 0.3 is 0 Å². The molecule has 1 aromatic heterocycles. The maximum absolute atomic E-state index is 11.8. The Balaban J connectivity index is 2.52. The van der Waals surface area contributed by atoms with E-state index in [1.54, 1.807) is 6.07 Å². The Labute approximate surface area is 90.2 Å². The molecule has 0 bridgehead atoms. The lowest BCUT2D eigenvalue weighted by Gasteiger charge is -2.13. The van der Waals surface area contributed by atoms with Crippen LogP contribution in [-0.4, -0.2) is 9.55 Å². The van der Waals surface area contributed by atoms with E-state index >= 15 is 0 Å². The van der Waals surface area contributed by atoms with Crippen LogP contribution in [0.1, 0.15) is 45.1 Å². The quantitative estimate of drug-likeness (QED) is 0.704. The molecule has 1 aliphatic heterocycles. The van der Waals surface area contributed by atoms with E-state index in [1.165, 1.54) is 0 Å². The van der Waals surface area contributed by atoms with E-state index in [0.717, 1.165) is 24.5 Å². The smallest absolute Gasteiger partial charge is 0.253 e. The number of nitrogens with zero attached hydrogens (tertiary/aromatic N) is 2. The maximum atomic E-state index is 11.8. The zero-order valence-electron chi connectivity index (χ0n) is 9.87. The molecule has 0 saturated heterocycles. The van der Waals surface area contributed by atoms with Crippen molar-refractivity contribution in [1.82, 2.24) is 9.55 Å². The molecule has 0 atom stereocenters. The van der Waals surface area contributed by atoms with Crippen molar-refractivity contribution in [2.45, 2.75) is 46.6 Å². The highest BCUT2D eigenvalue weighted by Gasteiger charge is 2.30. The van der Waals surface area contributed by atoms with Crippen molar-refractivity contribution in [3.05, 3.63) is 27.9 Å². The van der Waals surface area contributed by atoms with Crippen LogP contribution in [-0.2, 0) is 13.0 Å². The summed E-state index contributed by atoms with van der Waals surface area (Å²) in [5.41, 5.74) is 1.20. The van der Waals surface area contributed by atoms with E-state index in [4.69, 9.17) is 0 Å². The van der Waals surface area contributed by atoms with Gasteiger partial charge in [0.05, 0.1) is 5.69 Å². The van der Waals surface area contributed by atoms with Crippen LogP contribution in [0.25, 0.3) is 0 Å². The summed E-state index contributed by atoms with van der Waals surface area (Å²) >= 11 is 0. The van der Waals surface area contributed by atoms with E-state index in [9.17, 15) is 4.79 Å². The Morgan fingerprint density at radius 3 is 2.73 bits per heavy atom. The van der Waals surface area contributed by atoms with E-state index in [-0.39, 0.29) is 11.0 Å². The van der Waals surface area contributed by atoms with Gasteiger partial charge in [-0.2, -0.15) is 0 Å². The summed E-state index contributed by atoms with van der Waals surface area (Å²) in [6.45, 7) is 9.29. The van der Waals surface area contributed by atoms with Crippen LogP contribution in [0.5, 0.6) is 0 Å². The van der Waals surface area contributed by atoms with Crippen molar-refractivity contribution in [3.8, 4) is 0 Å². The maximum Gasteiger partial charge on any atom is 0.253 e. The van der Waals surface area contributed by atoms with Gasteiger partial charge in [-0.15, -0.1) is 0 Å². The van der Waals surface area contributed by atoms with Crippen LogP contribution in [0.2, 0.25) is 0 Å². The predicted molar refractivity (Wildman–Crippen MR) is 60.1 cm³/mol. The second-order valence-corrected chi connectivity index (χ2v) is 5.52. The van der Waals surface area contributed by atoms with Crippen molar-refractivity contribution >= 4 is 0 Å². The van der Waals surface area contributed by atoms with Crippen molar-refractivity contribution in [1.29, 1.82) is 0 Å². The van der Waals surface area contributed by atoms with Gasteiger partial charge < -0.3 is 0 Å². The fraction of sp³-hybridized carbons (Fsp3) is 0.667. The summed E-state index contributed by atoms with van der Waals surface area (Å²) in [6, 6.07) is 1.68. The summed E-state index contributed by atoms with van der Waals surface area (Å²) in [6.07, 6.45) is 0.906. The zero-order chi connectivity index (χ0) is 11.2. The molecule has 0 N–H and O–H groups in total. The van der Waals surface area contributed by atoms with E-state index < -0.39 is 0 Å². The largest absolute Gasteiger partial charge is 0.296 e. The average molecular weight is 206 g/mol. The summed E-state index contributed by atoms with van der Waals surface area (Å²) < 4.78 is 1.81.